The minimum atomic E-state index is 0.628. The Morgan fingerprint density at radius 2 is 2.00 bits per heavy atom. The highest BCUT2D eigenvalue weighted by Gasteiger charge is 2.04. The Kier molecular flexibility index (Phi) is 8.65. The number of aliphatic imine (C=N–C) groups is 1. The molecule has 0 aliphatic rings. The number of guanidine groups is 1. The van der Waals surface area contributed by atoms with E-state index < -0.39 is 0 Å². The number of methoxy groups -OCH3 is 1. The molecule has 7 nitrogen and oxygen atoms in total. The lowest BCUT2D eigenvalue weighted by Gasteiger charge is -2.17. The fraction of sp³-hybridized carbons (Fsp3) is 0.474. The second-order valence-corrected chi connectivity index (χ2v) is 6.09. The van der Waals surface area contributed by atoms with Gasteiger partial charge in [-0.25, -0.2) is 4.68 Å². The summed E-state index contributed by atoms with van der Waals surface area (Å²) in [5.74, 6) is 0.782. The highest BCUT2D eigenvalue weighted by atomic mass is 16.5. The molecule has 0 atom stereocenters. The number of rotatable bonds is 10. The van der Waals surface area contributed by atoms with Gasteiger partial charge in [-0.15, -0.1) is 0 Å². The van der Waals surface area contributed by atoms with Crippen LogP contribution < -0.4 is 10.6 Å². The van der Waals surface area contributed by atoms with E-state index in [-0.39, 0.29) is 0 Å². The molecule has 1 aromatic carbocycles. The summed E-state index contributed by atoms with van der Waals surface area (Å²) in [4.78, 5) is 6.54. The standard InChI is InChI=1S/C19H30N6O/c1-20-19(21-11-14-24(2)12-7-15-26-3)22-16-17-10-13-25(23-17)18-8-5-4-6-9-18/h4-6,8-10,13H,7,11-12,14-16H2,1-3H3,(H2,20,21,22). The lowest BCUT2D eigenvalue weighted by Crippen LogP contribution is -2.40. The molecule has 1 aromatic heterocycles. The van der Waals surface area contributed by atoms with E-state index in [0.29, 0.717) is 6.54 Å². The van der Waals surface area contributed by atoms with Crippen LogP contribution in [-0.2, 0) is 11.3 Å². The van der Waals surface area contributed by atoms with Crippen molar-refractivity contribution in [2.75, 3.05) is 47.4 Å². The SMILES string of the molecule is CN=C(NCCN(C)CCCOC)NCc1ccn(-c2ccccc2)n1. The number of benzene rings is 1. The third-order valence-corrected chi connectivity index (χ3v) is 4.00. The van der Waals surface area contributed by atoms with E-state index in [2.05, 4.69) is 32.7 Å². The maximum Gasteiger partial charge on any atom is 0.191 e. The fourth-order valence-corrected chi connectivity index (χ4v) is 2.53. The number of hydrogen-bond donors (Lipinski definition) is 2. The molecule has 26 heavy (non-hydrogen) atoms. The molecule has 0 saturated heterocycles. The zero-order valence-electron chi connectivity index (χ0n) is 16.0. The Morgan fingerprint density at radius 1 is 1.19 bits per heavy atom. The highest BCUT2D eigenvalue weighted by Crippen LogP contribution is 2.06. The highest BCUT2D eigenvalue weighted by molar-refractivity contribution is 5.79. The van der Waals surface area contributed by atoms with Gasteiger partial charge in [0, 0.05) is 46.6 Å². The van der Waals surface area contributed by atoms with Crippen molar-refractivity contribution in [2.45, 2.75) is 13.0 Å². The second-order valence-electron chi connectivity index (χ2n) is 6.09. The van der Waals surface area contributed by atoms with Crippen molar-refractivity contribution in [3.8, 4) is 5.69 Å². The third-order valence-electron chi connectivity index (χ3n) is 4.00. The molecule has 0 fully saturated rings. The summed E-state index contributed by atoms with van der Waals surface area (Å²) in [6, 6.07) is 12.1. The first kappa shape index (κ1) is 19.9. The molecule has 142 valence electrons. The number of ether oxygens (including phenoxy) is 1. The summed E-state index contributed by atoms with van der Waals surface area (Å²) >= 11 is 0. The van der Waals surface area contributed by atoms with Crippen LogP contribution in [0, 0.1) is 0 Å². The third kappa shape index (κ3) is 6.85. The van der Waals surface area contributed by atoms with E-state index in [1.165, 1.54) is 0 Å². The molecule has 7 heteroatoms. The number of aromatic nitrogens is 2. The summed E-state index contributed by atoms with van der Waals surface area (Å²) in [5.41, 5.74) is 2.02. The van der Waals surface area contributed by atoms with E-state index in [4.69, 9.17) is 4.74 Å². The van der Waals surface area contributed by atoms with Crippen LogP contribution in [0.1, 0.15) is 12.1 Å². The Labute approximate surface area is 156 Å². The predicted octanol–water partition coefficient (Wildman–Crippen LogP) is 1.51. The monoisotopic (exact) mass is 358 g/mol. The van der Waals surface area contributed by atoms with Gasteiger partial charge in [0.05, 0.1) is 17.9 Å². The maximum atomic E-state index is 5.08. The summed E-state index contributed by atoms with van der Waals surface area (Å²) in [6.07, 6.45) is 3.02. The summed E-state index contributed by atoms with van der Waals surface area (Å²) < 4.78 is 6.95. The lowest BCUT2D eigenvalue weighted by atomic mass is 10.3. The van der Waals surface area contributed by atoms with Crippen LogP contribution in [0.25, 0.3) is 5.69 Å². The molecule has 0 aliphatic carbocycles. The zero-order valence-corrected chi connectivity index (χ0v) is 16.0. The van der Waals surface area contributed by atoms with Gasteiger partial charge in [-0.2, -0.15) is 5.10 Å². The van der Waals surface area contributed by atoms with Crippen LogP contribution >= 0.6 is 0 Å². The molecule has 0 spiro atoms. The van der Waals surface area contributed by atoms with Crippen LogP contribution in [0.2, 0.25) is 0 Å². The van der Waals surface area contributed by atoms with Gasteiger partial charge in [0.15, 0.2) is 5.96 Å². The topological polar surface area (TPSA) is 66.7 Å². The van der Waals surface area contributed by atoms with Crippen LogP contribution in [0.3, 0.4) is 0 Å². The predicted molar refractivity (Wildman–Crippen MR) is 106 cm³/mol. The lowest BCUT2D eigenvalue weighted by molar-refractivity contribution is 0.180. The Bertz CT molecular complexity index is 655. The average molecular weight is 358 g/mol. The van der Waals surface area contributed by atoms with Crippen molar-refractivity contribution in [3.05, 3.63) is 48.3 Å². The van der Waals surface area contributed by atoms with Crippen molar-refractivity contribution in [3.63, 3.8) is 0 Å². The van der Waals surface area contributed by atoms with Crippen LogP contribution in [0.15, 0.2) is 47.6 Å². The van der Waals surface area contributed by atoms with E-state index >= 15 is 0 Å². The molecule has 0 amide bonds. The number of nitrogens with zero attached hydrogens (tertiary/aromatic N) is 4. The van der Waals surface area contributed by atoms with Gasteiger partial charge < -0.3 is 20.3 Å². The van der Waals surface area contributed by atoms with E-state index in [9.17, 15) is 0 Å². The minimum absolute atomic E-state index is 0.628. The van der Waals surface area contributed by atoms with E-state index in [1.807, 2.05) is 47.3 Å². The molecule has 2 rings (SSSR count). The van der Waals surface area contributed by atoms with Crippen molar-refractivity contribution in [1.82, 2.24) is 25.3 Å². The van der Waals surface area contributed by atoms with Crippen LogP contribution in [0.4, 0.5) is 0 Å². The average Bonchev–Trinajstić information content (AvgIpc) is 3.14. The number of likely N-dealkylation sites (N-methyl/N-ethyl adjacent to an activating group) is 1. The normalized spacial score (nSPS) is 11.8. The largest absolute Gasteiger partial charge is 0.385 e. The molecule has 0 aliphatic heterocycles. The van der Waals surface area contributed by atoms with Crippen molar-refractivity contribution in [1.29, 1.82) is 0 Å². The number of para-hydroxylation sites is 1. The van der Waals surface area contributed by atoms with Gasteiger partial charge in [0.25, 0.3) is 0 Å². The van der Waals surface area contributed by atoms with E-state index in [0.717, 1.165) is 50.0 Å². The molecule has 0 bridgehead atoms. The Hall–Kier alpha value is -2.38. The van der Waals surface area contributed by atoms with Gasteiger partial charge in [-0.1, -0.05) is 18.2 Å². The molecular weight excluding hydrogens is 328 g/mol. The van der Waals surface area contributed by atoms with Crippen LogP contribution in [-0.4, -0.2) is 68.1 Å². The number of hydrogen-bond acceptors (Lipinski definition) is 4. The molecule has 0 radical (unpaired) electrons. The van der Waals surface area contributed by atoms with Crippen molar-refractivity contribution < 1.29 is 4.74 Å². The van der Waals surface area contributed by atoms with Gasteiger partial charge in [-0.05, 0) is 31.7 Å². The molecular formula is C19H30N6O. The van der Waals surface area contributed by atoms with Crippen molar-refractivity contribution >= 4 is 5.96 Å². The van der Waals surface area contributed by atoms with E-state index in [1.54, 1.807) is 14.2 Å². The summed E-state index contributed by atoms with van der Waals surface area (Å²) in [7, 11) is 5.63. The summed E-state index contributed by atoms with van der Waals surface area (Å²) in [5, 5.41) is 11.2. The first-order chi connectivity index (χ1) is 12.7. The number of nitrogens with one attached hydrogen (secondary N) is 2. The van der Waals surface area contributed by atoms with Crippen molar-refractivity contribution in [2.24, 2.45) is 4.99 Å². The fourth-order valence-electron chi connectivity index (χ4n) is 2.53. The minimum Gasteiger partial charge on any atom is -0.385 e. The maximum absolute atomic E-state index is 5.08. The molecule has 2 N–H and O–H groups in total. The zero-order chi connectivity index (χ0) is 18.6. The van der Waals surface area contributed by atoms with Gasteiger partial charge in [-0.3, -0.25) is 4.99 Å². The Balaban J connectivity index is 1.71. The van der Waals surface area contributed by atoms with Crippen LogP contribution in [0.5, 0.6) is 0 Å². The smallest absolute Gasteiger partial charge is 0.191 e. The molecule has 0 unspecified atom stereocenters. The van der Waals surface area contributed by atoms with Gasteiger partial charge in [0.1, 0.15) is 0 Å². The Morgan fingerprint density at radius 3 is 2.73 bits per heavy atom. The summed E-state index contributed by atoms with van der Waals surface area (Å²) in [6.45, 7) is 4.24. The first-order valence-electron chi connectivity index (χ1n) is 8.95. The second kappa shape index (κ2) is 11.3. The first-order valence-corrected chi connectivity index (χ1v) is 8.95. The van der Waals surface area contributed by atoms with Gasteiger partial charge >= 0.3 is 0 Å². The van der Waals surface area contributed by atoms with Gasteiger partial charge in [0.2, 0.25) is 0 Å². The molecule has 1 heterocycles. The molecule has 2 aromatic rings. The molecule has 0 saturated carbocycles. The quantitative estimate of drug-likeness (QED) is 0.383.